The topological polar surface area (TPSA) is 63.7 Å². The molecule has 0 bridgehead atoms. The summed E-state index contributed by atoms with van der Waals surface area (Å²) < 4.78 is 29.1. The molecule has 5 nitrogen and oxygen atoms in total. The number of ether oxygens (including phenoxy) is 1. The highest BCUT2D eigenvalue weighted by atomic mass is 127. The monoisotopic (exact) mass is 395 g/mol. The highest BCUT2D eigenvalue weighted by molar-refractivity contribution is 14.1. The van der Waals surface area contributed by atoms with Crippen LogP contribution >= 0.6 is 22.6 Å². The second-order valence-electron chi connectivity index (χ2n) is 4.49. The van der Waals surface area contributed by atoms with Crippen LogP contribution in [0.25, 0.3) is 0 Å². The van der Waals surface area contributed by atoms with Crippen molar-refractivity contribution in [3.05, 3.63) is 21.8 Å². The predicted molar refractivity (Wildman–Crippen MR) is 81.3 cm³/mol. The Morgan fingerprint density at radius 2 is 2.11 bits per heavy atom. The zero-order chi connectivity index (χ0) is 14.2. The lowest BCUT2D eigenvalue weighted by molar-refractivity contribution is -0.125. The summed E-state index contributed by atoms with van der Waals surface area (Å²) in [4.78, 5) is 13.6. The summed E-state index contributed by atoms with van der Waals surface area (Å²) in [5.74, 6) is 0.349. The lowest BCUT2D eigenvalue weighted by atomic mass is 10.2. The van der Waals surface area contributed by atoms with Crippen molar-refractivity contribution >= 4 is 44.0 Å². The Labute approximate surface area is 126 Å². The van der Waals surface area contributed by atoms with E-state index in [-0.39, 0.29) is 18.2 Å². The van der Waals surface area contributed by atoms with Crippen LogP contribution in [0.1, 0.15) is 6.92 Å². The fourth-order valence-corrected chi connectivity index (χ4v) is 2.85. The maximum atomic E-state index is 12.1. The molecule has 0 spiro atoms. The third-order valence-electron chi connectivity index (χ3n) is 2.82. The first-order valence-electron chi connectivity index (χ1n) is 5.73. The smallest absolute Gasteiger partial charge is 0.267 e. The standard InChI is InChI=1S/C12H14INO4S/c1-8-12(15)14(5-6-19(2,16)17)10-4-3-9(13)7-11(10)18-8/h3-4,7-8H,5-6H2,1-2H3. The molecule has 19 heavy (non-hydrogen) atoms. The highest BCUT2D eigenvalue weighted by Gasteiger charge is 2.31. The molecule has 0 radical (unpaired) electrons. The molecule has 0 N–H and O–H groups in total. The number of anilines is 1. The number of carbonyl (C=O) groups excluding carboxylic acids is 1. The van der Waals surface area contributed by atoms with Crippen LogP contribution in [-0.4, -0.2) is 39.0 Å². The number of hydrogen-bond donors (Lipinski definition) is 0. The van der Waals surface area contributed by atoms with E-state index < -0.39 is 15.9 Å². The van der Waals surface area contributed by atoms with Crippen LogP contribution in [0.5, 0.6) is 5.75 Å². The molecular weight excluding hydrogens is 381 g/mol. The fourth-order valence-electron chi connectivity index (χ4n) is 1.87. The van der Waals surface area contributed by atoms with Gasteiger partial charge in [-0.2, -0.15) is 0 Å². The number of fused-ring (bicyclic) bond motifs is 1. The number of sulfone groups is 1. The van der Waals surface area contributed by atoms with Crippen LogP contribution < -0.4 is 9.64 Å². The first kappa shape index (κ1) is 14.6. The predicted octanol–water partition coefficient (Wildman–Crippen LogP) is 1.45. The van der Waals surface area contributed by atoms with Gasteiger partial charge in [0.25, 0.3) is 5.91 Å². The molecule has 0 saturated heterocycles. The van der Waals surface area contributed by atoms with Crippen molar-refractivity contribution in [2.45, 2.75) is 13.0 Å². The number of benzene rings is 1. The van der Waals surface area contributed by atoms with E-state index in [0.717, 1.165) is 9.83 Å². The summed E-state index contributed by atoms with van der Waals surface area (Å²) in [5.41, 5.74) is 0.632. The molecule has 1 aliphatic heterocycles. The van der Waals surface area contributed by atoms with Crippen LogP contribution in [-0.2, 0) is 14.6 Å². The Kier molecular flexibility index (Phi) is 4.05. The van der Waals surface area contributed by atoms with Crippen molar-refractivity contribution in [2.24, 2.45) is 0 Å². The lowest BCUT2D eigenvalue weighted by Gasteiger charge is -2.33. The first-order chi connectivity index (χ1) is 8.78. The summed E-state index contributed by atoms with van der Waals surface area (Å²) in [7, 11) is -3.11. The van der Waals surface area contributed by atoms with E-state index in [1.807, 2.05) is 12.1 Å². The van der Waals surface area contributed by atoms with Gasteiger partial charge < -0.3 is 9.64 Å². The molecule has 1 unspecified atom stereocenters. The summed E-state index contributed by atoms with van der Waals surface area (Å²) in [6, 6.07) is 5.48. The average Bonchev–Trinajstić information content (AvgIpc) is 2.28. The molecule has 1 amide bonds. The van der Waals surface area contributed by atoms with Gasteiger partial charge in [-0.05, 0) is 47.7 Å². The van der Waals surface area contributed by atoms with E-state index in [4.69, 9.17) is 4.74 Å². The molecule has 0 aromatic heterocycles. The summed E-state index contributed by atoms with van der Waals surface area (Å²) >= 11 is 2.16. The minimum atomic E-state index is -3.11. The minimum Gasteiger partial charge on any atom is -0.479 e. The number of amides is 1. The molecule has 7 heteroatoms. The van der Waals surface area contributed by atoms with Gasteiger partial charge in [-0.3, -0.25) is 4.79 Å². The molecular formula is C12H14INO4S. The maximum absolute atomic E-state index is 12.1. The molecule has 1 atom stereocenters. The van der Waals surface area contributed by atoms with E-state index in [2.05, 4.69) is 22.6 Å². The fraction of sp³-hybridized carbons (Fsp3) is 0.417. The highest BCUT2D eigenvalue weighted by Crippen LogP contribution is 2.35. The maximum Gasteiger partial charge on any atom is 0.267 e. The Bertz CT molecular complexity index is 614. The molecule has 1 heterocycles. The van der Waals surface area contributed by atoms with Crippen molar-refractivity contribution in [3.63, 3.8) is 0 Å². The molecule has 1 aromatic rings. The summed E-state index contributed by atoms with van der Waals surface area (Å²) in [5, 5.41) is 0. The Balaban J connectivity index is 2.34. The van der Waals surface area contributed by atoms with E-state index in [9.17, 15) is 13.2 Å². The Morgan fingerprint density at radius 3 is 2.74 bits per heavy atom. The largest absolute Gasteiger partial charge is 0.479 e. The number of rotatable bonds is 3. The Hall–Kier alpha value is -0.830. The second kappa shape index (κ2) is 5.28. The van der Waals surface area contributed by atoms with Gasteiger partial charge in [0, 0.05) is 16.4 Å². The van der Waals surface area contributed by atoms with E-state index in [1.54, 1.807) is 13.0 Å². The number of carbonyl (C=O) groups is 1. The van der Waals surface area contributed by atoms with Crippen LogP contribution in [0.15, 0.2) is 18.2 Å². The SMILES string of the molecule is CC1Oc2cc(I)ccc2N(CCS(C)(=O)=O)C1=O. The minimum absolute atomic E-state index is 0.0586. The van der Waals surface area contributed by atoms with Crippen LogP contribution in [0, 0.1) is 3.57 Å². The number of hydrogen-bond acceptors (Lipinski definition) is 4. The third-order valence-corrected chi connectivity index (χ3v) is 4.41. The number of halogens is 1. The molecule has 0 aliphatic carbocycles. The average molecular weight is 395 g/mol. The lowest BCUT2D eigenvalue weighted by Crippen LogP contribution is -2.46. The van der Waals surface area contributed by atoms with Gasteiger partial charge in [0.2, 0.25) is 0 Å². The Morgan fingerprint density at radius 1 is 1.42 bits per heavy atom. The van der Waals surface area contributed by atoms with Gasteiger partial charge in [-0.25, -0.2) is 8.42 Å². The van der Waals surface area contributed by atoms with Crippen LogP contribution in [0.2, 0.25) is 0 Å². The molecule has 104 valence electrons. The number of nitrogens with zero attached hydrogens (tertiary/aromatic N) is 1. The quantitative estimate of drug-likeness (QED) is 0.727. The van der Waals surface area contributed by atoms with Gasteiger partial charge in [0.05, 0.1) is 11.4 Å². The van der Waals surface area contributed by atoms with E-state index >= 15 is 0 Å². The van der Waals surface area contributed by atoms with Crippen LogP contribution in [0.4, 0.5) is 5.69 Å². The first-order valence-corrected chi connectivity index (χ1v) is 8.87. The summed E-state index contributed by atoms with van der Waals surface area (Å²) in [6.45, 7) is 1.82. The van der Waals surface area contributed by atoms with Gasteiger partial charge >= 0.3 is 0 Å². The molecule has 2 rings (SSSR count). The molecule has 1 aromatic carbocycles. The zero-order valence-corrected chi connectivity index (χ0v) is 13.6. The molecule has 0 saturated carbocycles. The van der Waals surface area contributed by atoms with Gasteiger partial charge in [0.15, 0.2) is 6.10 Å². The van der Waals surface area contributed by atoms with Crippen molar-refractivity contribution in [1.82, 2.24) is 0 Å². The van der Waals surface area contributed by atoms with Gasteiger partial charge in [0.1, 0.15) is 15.6 Å². The molecule has 0 fully saturated rings. The van der Waals surface area contributed by atoms with Crippen molar-refractivity contribution in [2.75, 3.05) is 23.5 Å². The summed E-state index contributed by atoms with van der Waals surface area (Å²) in [6.07, 6.45) is 0.571. The third kappa shape index (κ3) is 3.38. The van der Waals surface area contributed by atoms with Gasteiger partial charge in [-0.15, -0.1) is 0 Å². The van der Waals surface area contributed by atoms with Crippen LogP contribution in [0.3, 0.4) is 0 Å². The zero-order valence-electron chi connectivity index (χ0n) is 10.6. The van der Waals surface area contributed by atoms with E-state index in [0.29, 0.717) is 11.4 Å². The van der Waals surface area contributed by atoms with Crippen molar-refractivity contribution in [1.29, 1.82) is 0 Å². The normalized spacial score (nSPS) is 19.0. The van der Waals surface area contributed by atoms with Crippen molar-refractivity contribution < 1.29 is 17.9 Å². The molecule has 1 aliphatic rings. The van der Waals surface area contributed by atoms with Crippen molar-refractivity contribution in [3.8, 4) is 5.75 Å². The van der Waals surface area contributed by atoms with Gasteiger partial charge in [-0.1, -0.05) is 0 Å². The van der Waals surface area contributed by atoms with E-state index in [1.165, 1.54) is 4.90 Å². The second-order valence-corrected chi connectivity index (χ2v) is 8.00.